The lowest BCUT2D eigenvalue weighted by Crippen LogP contribution is -2.41. The van der Waals surface area contributed by atoms with Gasteiger partial charge in [0.25, 0.3) is 5.91 Å². The lowest BCUT2D eigenvalue weighted by Gasteiger charge is -2.37. The fraction of sp³-hybridized carbons (Fsp3) is 0.364. The second-order valence-electron chi connectivity index (χ2n) is 7.61. The molecular weight excluding hydrogens is 422 g/mol. The number of furan rings is 1. The fourth-order valence-electron chi connectivity index (χ4n) is 4.58. The molecule has 5 rings (SSSR count). The van der Waals surface area contributed by atoms with Gasteiger partial charge in [-0.05, 0) is 37.0 Å². The Balaban J connectivity index is 1.58. The van der Waals surface area contributed by atoms with E-state index >= 15 is 0 Å². The summed E-state index contributed by atoms with van der Waals surface area (Å²) >= 11 is 3.66. The van der Waals surface area contributed by atoms with E-state index in [0.29, 0.717) is 22.7 Å². The molecule has 0 radical (unpaired) electrons. The van der Waals surface area contributed by atoms with Crippen LogP contribution in [-0.4, -0.2) is 27.5 Å². The zero-order chi connectivity index (χ0) is 19.3. The van der Waals surface area contributed by atoms with E-state index in [1.807, 2.05) is 36.4 Å². The summed E-state index contributed by atoms with van der Waals surface area (Å²) in [5.41, 5.74) is 1.42. The van der Waals surface area contributed by atoms with Crippen LogP contribution in [0.2, 0.25) is 0 Å². The van der Waals surface area contributed by atoms with Crippen LogP contribution in [0.4, 0.5) is 0 Å². The number of ketones is 1. The summed E-state index contributed by atoms with van der Waals surface area (Å²) in [5, 5.41) is 0. The summed E-state index contributed by atoms with van der Waals surface area (Å²) in [4.78, 5) is 28.8. The van der Waals surface area contributed by atoms with E-state index in [1.54, 1.807) is 17.2 Å². The van der Waals surface area contributed by atoms with Gasteiger partial charge in [0.05, 0.1) is 30.3 Å². The maximum Gasteiger partial charge on any atom is 0.290 e. The van der Waals surface area contributed by atoms with Gasteiger partial charge in [0.1, 0.15) is 11.9 Å². The zero-order valence-electron chi connectivity index (χ0n) is 15.2. The highest BCUT2D eigenvalue weighted by molar-refractivity contribution is 9.09. The van der Waals surface area contributed by atoms with Gasteiger partial charge < -0.3 is 14.1 Å². The molecule has 0 bridgehead atoms. The second-order valence-corrected chi connectivity index (χ2v) is 8.90. The molecule has 0 saturated heterocycles. The van der Waals surface area contributed by atoms with Crippen molar-refractivity contribution in [3.05, 3.63) is 71.4 Å². The van der Waals surface area contributed by atoms with Crippen LogP contribution in [0.3, 0.4) is 0 Å². The summed E-state index contributed by atoms with van der Waals surface area (Å²) in [6.45, 7) is 0.297. The van der Waals surface area contributed by atoms with Crippen molar-refractivity contribution in [2.45, 2.75) is 42.8 Å². The Kier molecular flexibility index (Phi) is 4.38. The summed E-state index contributed by atoms with van der Waals surface area (Å²) in [6, 6.07) is 12.9. The number of nitrogens with zero attached hydrogens (tertiary/aromatic N) is 1. The topological polar surface area (TPSA) is 59.8 Å². The van der Waals surface area contributed by atoms with Gasteiger partial charge in [0, 0.05) is 4.83 Å². The lowest BCUT2D eigenvalue weighted by molar-refractivity contribution is -0.135. The van der Waals surface area contributed by atoms with E-state index in [1.165, 1.54) is 0 Å². The number of fused-ring (bicyclic) bond motifs is 1. The molecule has 4 unspecified atom stereocenters. The van der Waals surface area contributed by atoms with E-state index in [4.69, 9.17) is 9.15 Å². The van der Waals surface area contributed by atoms with Crippen molar-refractivity contribution in [2.24, 2.45) is 5.92 Å². The molecule has 1 amide bonds. The van der Waals surface area contributed by atoms with Crippen LogP contribution in [-0.2, 0) is 20.9 Å². The van der Waals surface area contributed by atoms with E-state index in [-0.39, 0.29) is 29.5 Å². The minimum Gasteiger partial charge on any atom is -0.483 e. The van der Waals surface area contributed by atoms with Gasteiger partial charge in [-0.3, -0.25) is 9.59 Å². The molecule has 0 N–H and O–H groups in total. The highest BCUT2D eigenvalue weighted by Gasteiger charge is 2.52. The predicted octanol–water partition coefficient (Wildman–Crippen LogP) is 4.15. The van der Waals surface area contributed by atoms with Crippen LogP contribution >= 0.6 is 15.9 Å². The first kappa shape index (κ1) is 17.7. The highest BCUT2D eigenvalue weighted by Crippen LogP contribution is 2.47. The SMILES string of the molecule is O=C1C2=C(OC3CCC(Br)CC13)C(=O)N(Cc1ccco1)C2c1ccccc1. The smallest absolute Gasteiger partial charge is 0.290 e. The number of hydrogen-bond donors (Lipinski definition) is 0. The molecule has 1 aromatic heterocycles. The molecule has 5 nitrogen and oxygen atoms in total. The summed E-state index contributed by atoms with van der Waals surface area (Å²) in [5.74, 6) is 0.547. The normalized spacial score (nSPS) is 29.5. The molecule has 1 aromatic carbocycles. The first-order valence-electron chi connectivity index (χ1n) is 9.61. The van der Waals surface area contributed by atoms with Gasteiger partial charge in [-0.25, -0.2) is 0 Å². The second kappa shape index (κ2) is 6.92. The molecule has 4 atom stereocenters. The summed E-state index contributed by atoms with van der Waals surface area (Å²) in [7, 11) is 0. The average molecular weight is 442 g/mol. The minimum atomic E-state index is -0.446. The van der Waals surface area contributed by atoms with Crippen molar-refractivity contribution in [3.63, 3.8) is 0 Å². The molecule has 1 aliphatic carbocycles. The van der Waals surface area contributed by atoms with Crippen LogP contribution in [0.25, 0.3) is 0 Å². The fourth-order valence-corrected chi connectivity index (χ4v) is 5.25. The number of alkyl halides is 1. The van der Waals surface area contributed by atoms with Crippen LogP contribution in [0.15, 0.2) is 64.5 Å². The van der Waals surface area contributed by atoms with Gasteiger partial charge in [-0.15, -0.1) is 0 Å². The number of amides is 1. The number of benzene rings is 1. The Labute approximate surface area is 171 Å². The van der Waals surface area contributed by atoms with Crippen molar-refractivity contribution in [1.82, 2.24) is 4.90 Å². The predicted molar refractivity (Wildman–Crippen MR) is 105 cm³/mol. The van der Waals surface area contributed by atoms with Gasteiger partial charge >= 0.3 is 0 Å². The maximum atomic E-state index is 13.5. The van der Waals surface area contributed by atoms with Crippen molar-refractivity contribution >= 4 is 27.6 Å². The Bertz CT molecular complexity index is 937. The van der Waals surface area contributed by atoms with Crippen LogP contribution in [0, 0.1) is 5.92 Å². The molecule has 3 aliphatic rings. The molecule has 2 aliphatic heterocycles. The average Bonchev–Trinajstić information content (AvgIpc) is 3.31. The summed E-state index contributed by atoms with van der Waals surface area (Å²) in [6.07, 6.45) is 3.86. The molecular formula is C22H20BrNO4. The van der Waals surface area contributed by atoms with Gasteiger partial charge in [0.2, 0.25) is 0 Å². The first-order chi connectivity index (χ1) is 13.6. The first-order valence-corrected chi connectivity index (χ1v) is 10.5. The Morgan fingerprint density at radius 2 is 1.89 bits per heavy atom. The van der Waals surface area contributed by atoms with Gasteiger partial charge in [0.15, 0.2) is 11.5 Å². The van der Waals surface area contributed by atoms with Crippen LogP contribution in [0.5, 0.6) is 0 Å². The number of halogens is 1. The molecule has 144 valence electrons. The third-order valence-electron chi connectivity index (χ3n) is 5.90. The number of carbonyl (C=O) groups is 2. The highest BCUT2D eigenvalue weighted by atomic mass is 79.9. The van der Waals surface area contributed by atoms with Crippen molar-refractivity contribution in [2.75, 3.05) is 0 Å². The quantitative estimate of drug-likeness (QED) is 0.671. The Hall–Kier alpha value is -2.34. The monoisotopic (exact) mass is 441 g/mol. The molecule has 3 heterocycles. The molecule has 0 spiro atoms. The largest absolute Gasteiger partial charge is 0.483 e. The van der Waals surface area contributed by atoms with E-state index in [9.17, 15) is 9.59 Å². The number of rotatable bonds is 3. The van der Waals surface area contributed by atoms with Crippen molar-refractivity contribution in [1.29, 1.82) is 0 Å². The van der Waals surface area contributed by atoms with Crippen LogP contribution < -0.4 is 0 Å². The third kappa shape index (κ3) is 2.82. The molecule has 1 fully saturated rings. The minimum absolute atomic E-state index is 0.0551. The molecule has 28 heavy (non-hydrogen) atoms. The van der Waals surface area contributed by atoms with E-state index in [2.05, 4.69) is 15.9 Å². The van der Waals surface area contributed by atoms with Crippen LogP contribution in [0.1, 0.15) is 36.6 Å². The number of hydrogen-bond acceptors (Lipinski definition) is 4. The van der Waals surface area contributed by atoms with E-state index < -0.39 is 6.04 Å². The maximum absolute atomic E-state index is 13.5. The number of ether oxygens (including phenoxy) is 1. The lowest BCUT2D eigenvalue weighted by atomic mass is 9.77. The summed E-state index contributed by atoms with van der Waals surface area (Å²) < 4.78 is 11.6. The standard InChI is InChI=1S/C22H20BrNO4/c23-14-8-9-17-16(11-14)20(25)18-19(13-5-2-1-3-6-13)24(22(26)21(18)28-17)12-15-7-4-10-27-15/h1-7,10,14,16-17,19H,8-9,11-12H2. The van der Waals surface area contributed by atoms with Gasteiger partial charge in [-0.2, -0.15) is 0 Å². The van der Waals surface area contributed by atoms with E-state index in [0.717, 1.165) is 24.8 Å². The molecule has 2 aromatic rings. The Morgan fingerprint density at radius 3 is 2.64 bits per heavy atom. The van der Waals surface area contributed by atoms with Crippen molar-refractivity contribution in [3.8, 4) is 0 Å². The van der Waals surface area contributed by atoms with Crippen molar-refractivity contribution < 1.29 is 18.7 Å². The third-order valence-corrected chi connectivity index (χ3v) is 6.73. The zero-order valence-corrected chi connectivity index (χ0v) is 16.8. The molecule has 1 saturated carbocycles. The number of Topliss-reactive ketones (excluding diaryl/α,β-unsaturated/α-hetero) is 1. The van der Waals surface area contributed by atoms with Gasteiger partial charge in [-0.1, -0.05) is 46.3 Å². The Morgan fingerprint density at radius 1 is 1.07 bits per heavy atom. The molecule has 6 heteroatoms. The number of carbonyl (C=O) groups excluding carboxylic acids is 2.